The normalized spacial score (nSPS) is 24.0. The van der Waals surface area contributed by atoms with Gasteiger partial charge in [-0.25, -0.2) is 9.36 Å². The van der Waals surface area contributed by atoms with Gasteiger partial charge in [0, 0.05) is 19.2 Å². The third-order valence-corrected chi connectivity index (χ3v) is 3.81. The molecule has 3 atom stereocenters. The van der Waals surface area contributed by atoms with Crippen molar-refractivity contribution in [1.82, 2.24) is 9.55 Å². The van der Waals surface area contributed by atoms with E-state index in [-0.39, 0.29) is 12.1 Å². The van der Waals surface area contributed by atoms with E-state index in [4.69, 9.17) is 14.5 Å². The van der Waals surface area contributed by atoms with E-state index in [0.717, 1.165) is 4.57 Å². The van der Waals surface area contributed by atoms with E-state index < -0.39 is 44.1 Å². The van der Waals surface area contributed by atoms with Crippen LogP contribution in [0.5, 0.6) is 0 Å². The second-order valence-electron chi connectivity index (χ2n) is 5.10. The van der Waals surface area contributed by atoms with E-state index in [2.05, 4.69) is 21.4 Å². The summed E-state index contributed by atoms with van der Waals surface area (Å²) in [6.07, 6.45) is -0.272. The first kappa shape index (κ1) is 18.6. The number of hydrogen-bond acceptors (Lipinski definition) is 7. The Morgan fingerprint density at radius 2 is 2.25 bits per heavy atom. The van der Waals surface area contributed by atoms with Gasteiger partial charge in [-0.05, 0) is 0 Å². The van der Waals surface area contributed by atoms with Gasteiger partial charge in [-0.3, -0.25) is 18.9 Å². The molecule has 11 nitrogen and oxygen atoms in total. The average molecular weight is 363 g/mol. The van der Waals surface area contributed by atoms with Crippen LogP contribution in [0.2, 0.25) is 0 Å². The lowest BCUT2D eigenvalue weighted by molar-refractivity contribution is -0.0450. The van der Waals surface area contributed by atoms with E-state index in [9.17, 15) is 19.3 Å². The maximum absolute atomic E-state index is 11.9. The minimum atomic E-state index is -4.70. The van der Waals surface area contributed by atoms with Crippen LogP contribution in [0, 0.1) is 0 Å². The second kappa shape index (κ2) is 7.43. The molecule has 0 amide bonds. The van der Waals surface area contributed by atoms with Crippen molar-refractivity contribution in [2.75, 3.05) is 18.5 Å². The Kier molecular flexibility index (Phi) is 5.75. The Balaban J connectivity index is 2.17. The number of aromatic amines is 1. The molecular weight excluding hydrogens is 345 g/mol. The van der Waals surface area contributed by atoms with Gasteiger partial charge in [-0.15, -0.1) is 6.58 Å². The van der Waals surface area contributed by atoms with Crippen LogP contribution in [-0.4, -0.2) is 49.8 Å². The molecule has 5 N–H and O–H groups in total. The smallest absolute Gasteiger partial charge is 0.390 e. The van der Waals surface area contributed by atoms with Crippen LogP contribution in [-0.2, 0) is 13.8 Å². The lowest BCUT2D eigenvalue weighted by Gasteiger charge is -2.17. The molecule has 1 fully saturated rings. The number of ether oxygens (including phenoxy) is 1. The number of nitrogens with one attached hydrogen (secondary N) is 2. The second-order valence-corrected chi connectivity index (χ2v) is 6.34. The van der Waals surface area contributed by atoms with Gasteiger partial charge in [0.25, 0.3) is 5.56 Å². The molecule has 2 heterocycles. The summed E-state index contributed by atoms with van der Waals surface area (Å²) in [4.78, 5) is 43.1. The van der Waals surface area contributed by atoms with Gasteiger partial charge in [0.15, 0.2) is 0 Å². The highest BCUT2D eigenvalue weighted by Gasteiger charge is 2.37. The predicted molar refractivity (Wildman–Crippen MR) is 82.5 cm³/mol. The van der Waals surface area contributed by atoms with E-state index in [1.807, 2.05) is 0 Å². The first-order valence-corrected chi connectivity index (χ1v) is 8.48. The Hall–Kier alpha value is -1.75. The number of phosphoric acid groups is 1. The van der Waals surface area contributed by atoms with Gasteiger partial charge in [0.1, 0.15) is 18.0 Å². The van der Waals surface area contributed by atoms with Crippen molar-refractivity contribution in [3.8, 4) is 0 Å². The van der Waals surface area contributed by atoms with E-state index in [1.165, 1.54) is 12.3 Å². The monoisotopic (exact) mass is 363 g/mol. The molecule has 0 aromatic carbocycles. The quantitative estimate of drug-likeness (QED) is 0.298. The van der Waals surface area contributed by atoms with Crippen LogP contribution in [0.15, 0.2) is 28.4 Å². The fraction of sp³-hybridized carbons (Fsp3) is 0.500. The third-order valence-electron chi connectivity index (χ3n) is 3.33. The largest absolute Gasteiger partial charge is 0.469 e. The molecule has 0 radical (unpaired) electrons. The lowest BCUT2D eigenvalue weighted by atomic mass is 10.2. The van der Waals surface area contributed by atoms with Crippen LogP contribution in [0.25, 0.3) is 0 Å². The number of nitrogens with zero attached hydrogens (tertiary/aromatic N) is 1. The summed E-state index contributed by atoms with van der Waals surface area (Å²) in [5, 5.41) is 12.7. The highest BCUT2D eigenvalue weighted by Crippen LogP contribution is 2.38. The highest BCUT2D eigenvalue weighted by atomic mass is 31.2. The molecule has 1 aliphatic rings. The summed E-state index contributed by atoms with van der Waals surface area (Å²) < 4.78 is 21.5. The number of aliphatic hydroxyl groups is 1. The standard InChI is InChI=1S/C12H18N3O8P/c1-2-3-13-7-5-15(12(18)14-11(7)17)10-4-8(16)9(23-10)6-22-24(19,20)21/h2,5,8-10,13,16H,1,3-4,6H2,(H,14,17,18)(H2,19,20,21)/t8?,9-,10-/m0/s1. The first-order chi connectivity index (χ1) is 11.2. The highest BCUT2D eigenvalue weighted by molar-refractivity contribution is 7.46. The van der Waals surface area contributed by atoms with Crippen LogP contribution in [0.1, 0.15) is 12.6 Å². The van der Waals surface area contributed by atoms with Crippen molar-refractivity contribution in [1.29, 1.82) is 0 Å². The molecule has 0 saturated carbocycles. The topological polar surface area (TPSA) is 163 Å². The minimum absolute atomic E-state index is 0.0119. The van der Waals surface area contributed by atoms with Crippen molar-refractivity contribution in [3.05, 3.63) is 39.7 Å². The zero-order chi connectivity index (χ0) is 17.9. The Bertz CT molecular complexity index is 753. The number of anilines is 1. The Morgan fingerprint density at radius 1 is 1.54 bits per heavy atom. The fourth-order valence-electron chi connectivity index (χ4n) is 2.21. The molecule has 1 aromatic rings. The van der Waals surface area contributed by atoms with Crippen molar-refractivity contribution < 1.29 is 28.7 Å². The summed E-state index contributed by atoms with van der Waals surface area (Å²) >= 11 is 0. The maximum Gasteiger partial charge on any atom is 0.469 e. The van der Waals surface area contributed by atoms with Gasteiger partial charge in [-0.1, -0.05) is 6.08 Å². The number of aliphatic hydroxyl groups excluding tert-OH is 1. The van der Waals surface area contributed by atoms with E-state index in [1.54, 1.807) is 0 Å². The SMILES string of the molecule is C=CCNc1cn([C@@H]2CC(O)[C@H](COP(=O)(O)O)O2)c(=O)[nH]c1=O. The molecule has 2 rings (SSSR count). The lowest BCUT2D eigenvalue weighted by Crippen LogP contribution is -2.34. The number of phosphoric ester groups is 1. The van der Waals surface area contributed by atoms with Crippen molar-refractivity contribution in [2.45, 2.75) is 24.9 Å². The predicted octanol–water partition coefficient (Wildman–Crippen LogP) is -1.11. The molecule has 1 saturated heterocycles. The Morgan fingerprint density at radius 3 is 2.88 bits per heavy atom. The summed E-state index contributed by atoms with van der Waals surface area (Å²) in [6, 6.07) is 0. The first-order valence-electron chi connectivity index (χ1n) is 6.95. The molecule has 0 spiro atoms. The van der Waals surface area contributed by atoms with Gasteiger partial charge >= 0.3 is 13.5 Å². The van der Waals surface area contributed by atoms with Crippen LogP contribution < -0.4 is 16.6 Å². The van der Waals surface area contributed by atoms with E-state index in [0.29, 0.717) is 6.54 Å². The third kappa shape index (κ3) is 4.63. The molecule has 1 unspecified atom stereocenters. The van der Waals surface area contributed by atoms with E-state index >= 15 is 0 Å². The summed E-state index contributed by atoms with van der Waals surface area (Å²) in [6.45, 7) is 3.26. The molecule has 134 valence electrons. The van der Waals surface area contributed by atoms with Crippen molar-refractivity contribution in [2.24, 2.45) is 0 Å². The number of aromatic nitrogens is 2. The average Bonchev–Trinajstić information content (AvgIpc) is 2.84. The molecule has 0 bridgehead atoms. The van der Waals surface area contributed by atoms with Gasteiger partial charge in [-0.2, -0.15) is 0 Å². The maximum atomic E-state index is 11.9. The molecule has 0 aliphatic carbocycles. The van der Waals surface area contributed by atoms with Crippen molar-refractivity contribution in [3.63, 3.8) is 0 Å². The molecule has 24 heavy (non-hydrogen) atoms. The fourth-order valence-corrected chi connectivity index (χ4v) is 2.55. The van der Waals surface area contributed by atoms with Gasteiger partial charge in [0.05, 0.1) is 12.7 Å². The number of H-pyrrole nitrogens is 1. The van der Waals surface area contributed by atoms with Crippen LogP contribution >= 0.6 is 7.82 Å². The van der Waals surface area contributed by atoms with Gasteiger partial charge < -0.3 is 24.9 Å². The number of rotatable bonds is 7. The van der Waals surface area contributed by atoms with Crippen LogP contribution in [0.3, 0.4) is 0 Å². The minimum Gasteiger partial charge on any atom is -0.390 e. The van der Waals surface area contributed by atoms with Crippen molar-refractivity contribution >= 4 is 13.5 Å². The molecule has 1 aliphatic heterocycles. The molecule has 1 aromatic heterocycles. The number of hydrogen-bond donors (Lipinski definition) is 5. The zero-order valence-electron chi connectivity index (χ0n) is 12.5. The summed E-state index contributed by atoms with van der Waals surface area (Å²) in [7, 11) is -4.70. The summed E-state index contributed by atoms with van der Waals surface area (Å²) in [5.74, 6) is 0. The Labute approximate surface area is 135 Å². The molecule has 12 heteroatoms. The van der Waals surface area contributed by atoms with Gasteiger partial charge in [0.2, 0.25) is 0 Å². The zero-order valence-corrected chi connectivity index (χ0v) is 13.4. The van der Waals surface area contributed by atoms with Crippen LogP contribution in [0.4, 0.5) is 5.69 Å². The molecular formula is C12H18N3O8P. The summed E-state index contributed by atoms with van der Waals surface area (Å²) in [5.41, 5.74) is -1.24.